The Morgan fingerprint density at radius 2 is 2.06 bits per heavy atom. The molecule has 1 saturated carbocycles. The number of hydrogen-bond acceptors (Lipinski definition) is 2. The average Bonchev–Trinajstić information content (AvgIpc) is 2.80. The maximum atomic E-state index is 12.1. The predicted molar refractivity (Wildman–Crippen MR) is 66.8 cm³/mol. The lowest BCUT2D eigenvalue weighted by Crippen LogP contribution is -2.40. The van der Waals surface area contributed by atoms with E-state index in [9.17, 15) is 4.79 Å². The molecule has 1 aliphatic rings. The summed E-state index contributed by atoms with van der Waals surface area (Å²) in [6.45, 7) is 4.61. The lowest BCUT2D eigenvalue weighted by atomic mass is 9.75. The molecule has 0 atom stereocenters. The van der Waals surface area contributed by atoms with Crippen LogP contribution >= 0.6 is 0 Å². The van der Waals surface area contributed by atoms with Crippen LogP contribution in [0.5, 0.6) is 0 Å². The van der Waals surface area contributed by atoms with Gasteiger partial charge in [-0.1, -0.05) is 13.8 Å². The molecule has 94 valence electrons. The van der Waals surface area contributed by atoms with E-state index in [2.05, 4.69) is 13.8 Å². The molecule has 0 aromatic carbocycles. The van der Waals surface area contributed by atoms with Crippen molar-refractivity contribution in [2.75, 3.05) is 7.05 Å². The largest absolute Gasteiger partial charge is 0.459 e. The van der Waals surface area contributed by atoms with Gasteiger partial charge in [0.1, 0.15) is 0 Å². The fourth-order valence-corrected chi connectivity index (χ4v) is 2.51. The highest BCUT2D eigenvalue weighted by atomic mass is 16.3. The number of nitrogens with zero attached hydrogens (tertiary/aromatic N) is 1. The third kappa shape index (κ3) is 2.71. The molecule has 3 nitrogen and oxygen atoms in total. The van der Waals surface area contributed by atoms with E-state index in [0.717, 1.165) is 12.8 Å². The van der Waals surface area contributed by atoms with Crippen LogP contribution in [0, 0.1) is 5.41 Å². The van der Waals surface area contributed by atoms with Crippen LogP contribution in [0.15, 0.2) is 22.8 Å². The smallest absolute Gasteiger partial charge is 0.289 e. The Labute approximate surface area is 103 Å². The Morgan fingerprint density at radius 3 is 2.59 bits per heavy atom. The first-order chi connectivity index (χ1) is 7.99. The van der Waals surface area contributed by atoms with Crippen molar-refractivity contribution in [3.63, 3.8) is 0 Å². The first-order valence-corrected chi connectivity index (χ1v) is 6.30. The molecule has 2 rings (SSSR count). The molecule has 3 heteroatoms. The van der Waals surface area contributed by atoms with E-state index in [0.29, 0.717) is 17.2 Å². The van der Waals surface area contributed by atoms with Crippen LogP contribution in [0.2, 0.25) is 0 Å². The van der Waals surface area contributed by atoms with Gasteiger partial charge in [-0.15, -0.1) is 0 Å². The van der Waals surface area contributed by atoms with Crippen molar-refractivity contribution in [3.05, 3.63) is 24.2 Å². The second-order valence-electron chi connectivity index (χ2n) is 5.79. The number of carbonyl (C=O) groups excluding carboxylic acids is 1. The van der Waals surface area contributed by atoms with Gasteiger partial charge in [0.15, 0.2) is 5.76 Å². The van der Waals surface area contributed by atoms with Gasteiger partial charge in [0.05, 0.1) is 6.26 Å². The van der Waals surface area contributed by atoms with Gasteiger partial charge in [-0.25, -0.2) is 0 Å². The van der Waals surface area contributed by atoms with Gasteiger partial charge >= 0.3 is 0 Å². The van der Waals surface area contributed by atoms with E-state index < -0.39 is 0 Å². The summed E-state index contributed by atoms with van der Waals surface area (Å²) in [6, 6.07) is 3.84. The molecule has 0 aliphatic heterocycles. The molecular weight excluding hydrogens is 214 g/mol. The molecule has 0 saturated heterocycles. The Bertz CT molecular complexity index is 371. The Kier molecular flexibility index (Phi) is 3.27. The van der Waals surface area contributed by atoms with Gasteiger partial charge in [-0.05, 0) is 43.2 Å². The SMILES string of the molecule is CN(C(=O)c1ccco1)C1CCC(C)(C)CC1. The van der Waals surface area contributed by atoms with Crippen LogP contribution in [0.4, 0.5) is 0 Å². The minimum Gasteiger partial charge on any atom is -0.459 e. The molecule has 1 amide bonds. The van der Waals surface area contributed by atoms with Crippen molar-refractivity contribution in [2.24, 2.45) is 5.41 Å². The molecule has 0 spiro atoms. The van der Waals surface area contributed by atoms with E-state index in [-0.39, 0.29) is 5.91 Å². The van der Waals surface area contributed by atoms with Crippen molar-refractivity contribution in [1.29, 1.82) is 0 Å². The maximum Gasteiger partial charge on any atom is 0.289 e. The predicted octanol–water partition coefficient (Wildman–Crippen LogP) is 3.32. The summed E-state index contributed by atoms with van der Waals surface area (Å²) in [7, 11) is 1.88. The van der Waals surface area contributed by atoms with Gasteiger partial charge in [0, 0.05) is 13.1 Å². The highest BCUT2D eigenvalue weighted by Gasteiger charge is 2.31. The van der Waals surface area contributed by atoms with Gasteiger partial charge in [-0.3, -0.25) is 4.79 Å². The van der Waals surface area contributed by atoms with Crippen LogP contribution < -0.4 is 0 Å². The summed E-state index contributed by atoms with van der Waals surface area (Å²) >= 11 is 0. The van der Waals surface area contributed by atoms with E-state index in [1.807, 2.05) is 11.9 Å². The van der Waals surface area contributed by atoms with Crippen LogP contribution in [-0.4, -0.2) is 23.9 Å². The van der Waals surface area contributed by atoms with E-state index in [1.54, 1.807) is 18.4 Å². The van der Waals surface area contributed by atoms with Crippen LogP contribution in [-0.2, 0) is 0 Å². The van der Waals surface area contributed by atoms with Gasteiger partial charge in [0.25, 0.3) is 5.91 Å². The lowest BCUT2D eigenvalue weighted by molar-refractivity contribution is 0.0605. The third-order valence-electron chi connectivity index (χ3n) is 3.91. The van der Waals surface area contributed by atoms with E-state index >= 15 is 0 Å². The zero-order valence-corrected chi connectivity index (χ0v) is 10.9. The van der Waals surface area contributed by atoms with Crippen LogP contribution in [0.3, 0.4) is 0 Å². The highest BCUT2D eigenvalue weighted by Crippen LogP contribution is 2.36. The van der Waals surface area contributed by atoms with E-state index in [1.165, 1.54) is 12.8 Å². The molecule has 0 N–H and O–H groups in total. The molecule has 1 heterocycles. The summed E-state index contributed by atoms with van der Waals surface area (Å²) in [5.74, 6) is 0.442. The van der Waals surface area contributed by atoms with Crippen molar-refractivity contribution < 1.29 is 9.21 Å². The summed E-state index contributed by atoms with van der Waals surface area (Å²) in [5, 5.41) is 0. The normalized spacial score (nSPS) is 20.2. The van der Waals surface area contributed by atoms with Gasteiger partial charge in [-0.2, -0.15) is 0 Å². The number of rotatable bonds is 2. The number of furan rings is 1. The summed E-state index contributed by atoms with van der Waals surface area (Å²) in [5.41, 5.74) is 0.436. The molecule has 1 aromatic rings. The van der Waals surface area contributed by atoms with Crippen LogP contribution in [0.25, 0.3) is 0 Å². The molecule has 0 radical (unpaired) electrons. The van der Waals surface area contributed by atoms with E-state index in [4.69, 9.17) is 4.42 Å². The highest BCUT2D eigenvalue weighted by molar-refractivity contribution is 5.91. The Morgan fingerprint density at radius 1 is 1.41 bits per heavy atom. The molecule has 17 heavy (non-hydrogen) atoms. The fourth-order valence-electron chi connectivity index (χ4n) is 2.51. The number of carbonyl (C=O) groups is 1. The molecule has 1 fully saturated rings. The summed E-state index contributed by atoms with van der Waals surface area (Å²) in [6.07, 6.45) is 6.11. The minimum atomic E-state index is -0.000272. The Balaban J connectivity index is 1.97. The minimum absolute atomic E-state index is 0.000272. The molecular formula is C14H21NO2. The topological polar surface area (TPSA) is 33.5 Å². The monoisotopic (exact) mass is 235 g/mol. The molecule has 1 aromatic heterocycles. The number of hydrogen-bond donors (Lipinski definition) is 0. The Hall–Kier alpha value is -1.25. The van der Waals surface area contributed by atoms with Crippen molar-refractivity contribution >= 4 is 5.91 Å². The average molecular weight is 235 g/mol. The molecule has 1 aliphatic carbocycles. The summed E-state index contributed by atoms with van der Waals surface area (Å²) < 4.78 is 5.16. The van der Waals surface area contributed by atoms with Crippen molar-refractivity contribution in [2.45, 2.75) is 45.6 Å². The first kappa shape index (κ1) is 12.2. The second-order valence-corrected chi connectivity index (χ2v) is 5.79. The quantitative estimate of drug-likeness (QED) is 0.788. The summed E-state index contributed by atoms with van der Waals surface area (Å²) in [4.78, 5) is 13.9. The van der Waals surface area contributed by atoms with Crippen LogP contribution in [0.1, 0.15) is 50.1 Å². The zero-order valence-electron chi connectivity index (χ0n) is 10.9. The lowest BCUT2D eigenvalue weighted by Gasteiger charge is -2.38. The zero-order chi connectivity index (χ0) is 12.5. The third-order valence-corrected chi connectivity index (χ3v) is 3.91. The second kappa shape index (κ2) is 4.55. The van der Waals surface area contributed by atoms with Gasteiger partial charge < -0.3 is 9.32 Å². The molecule has 0 unspecified atom stereocenters. The number of amides is 1. The van der Waals surface area contributed by atoms with Crippen molar-refractivity contribution in [1.82, 2.24) is 4.90 Å². The van der Waals surface area contributed by atoms with Gasteiger partial charge in [0.2, 0.25) is 0 Å². The van der Waals surface area contributed by atoms with Crippen molar-refractivity contribution in [3.8, 4) is 0 Å². The standard InChI is InChI=1S/C14H21NO2/c1-14(2)8-6-11(7-9-14)15(3)13(16)12-5-4-10-17-12/h4-5,10-11H,6-9H2,1-3H3. The fraction of sp³-hybridized carbons (Fsp3) is 0.643. The maximum absolute atomic E-state index is 12.1. The first-order valence-electron chi connectivity index (χ1n) is 6.30. The molecule has 0 bridgehead atoms.